The van der Waals surface area contributed by atoms with E-state index in [1.807, 2.05) is 30.3 Å². The Morgan fingerprint density at radius 1 is 1.23 bits per heavy atom. The lowest BCUT2D eigenvalue weighted by molar-refractivity contribution is -0.500. The van der Waals surface area contributed by atoms with Gasteiger partial charge in [-0.3, -0.25) is 0 Å². The number of rotatable bonds is 8. The van der Waals surface area contributed by atoms with Crippen molar-refractivity contribution in [3.05, 3.63) is 71.8 Å². The highest BCUT2D eigenvalue weighted by atomic mass is 32.1. The van der Waals surface area contributed by atoms with E-state index in [1.54, 1.807) is 19.4 Å². The molecule has 0 aliphatic carbocycles. The van der Waals surface area contributed by atoms with Gasteiger partial charge in [0.25, 0.3) is 0 Å². The Morgan fingerprint density at radius 3 is 2.81 bits per heavy atom. The number of nitrogens with one attached hydrogen (secondary N) is 3. The molecule has 0 heterocycles. The van der Waals surface area contributed by atoms with Gasteiger partial charge in [-0.05, 0) is 42.9 Å². The standard InChI is InChI=1S/C20H23N3O2S/c1-4-10-21-20(26)23-22-13-16-8-9-18(19(12-16)24-3)25-14-17-7-5-6-15(2)11-17/h4-9,11-13H,1,10,14H2,2-3H3,(H2,21,23,26)/p+1. The summed E-state index contributed by atoms with van der Waals surface area (Å²) in [7, 11) is 1.62. The molecule has 2 aromatic carbocycles. The molecular formula is C20H24N3O2S+. The maximum Gasteiger partial charge on any atom is 0.224 e. The number of aryl methyl sites for hydroxylation is 1. The van der Waals surface area contributed by atoms with E-state index in [0.717, 1.165) is 11.1 Å². The highest BCUT2D eigenvalue weighted by molar-refractivity contribution is 7.80. The topological polar surface area (TPSA) is 56.5 Å². The quantitative estimate of drug-likeness (QED) is 0.286. The second-order valence-electron chi connectivity index (χ2n) is 5.60. The molecule has 2 rings (SSSR count). The van der Waals surface area contributed by atoms with Gasteiger partial charge in [0.1, 0.15) is 6.61 Å². The fourth-order valence-corrected chi connectivity index (χ4v) is 2.39. The molecule has 5 nitrogen and oxygen atoms in total. The minimum atomic E-state index is 0.490. The third-order valence-corrected chi connectivity index (χ3v) is 3.74. The first-order valence-electron chi connectivity index (χ1n) is 8.22. The lowest BCUT2D eigenvalue weighted by Crippen LogP contribution is -2.82. The molecule has 136 valence electrons. The molecule has 0 amide bonds. The van der Waals surface area contributed by atoms with Crippen molar-refractivity contribution in [3.63, 3.8) is 0 Å². The number of hydrazine groups is 1. The van der Waals surface area contributed by atoms with Crippen molar-refractivity contribution in [3.8, 4) is 11.5 Å². The minimum Gasteiger partial charge on any atom is -0.493 e. The van der Waals surface area contributed by atoms with E-state index >= 15 is 0 Å². The van der Waals surface area contributed by atoms with Crippen LogP contribution in [-0.2, 0) is 6.61 Å². The monoisotopic (exact) mass is 370 g/mol. The number of hydrazone groups is 1. The molecule has 0 fully saturated rings. The number of methoxy groups -OCH3 is 1. The first-order chi connectivity index (χ1) is 12.6. The molecule has 0 bridgehead atoms. The van der Waals surface area contributed by atoms with E-state index in [4.69, 9.17) is 21.7 Å². The third-order valence-electron chi connectivity index (χ3n) is 3.50. The molecule has 26 heavy (non-hydrogen) atoms. The van der Waals surface area contributed by atoms with Crippen molar-refractivity contribution in [2.24, 2.45) is 0 Å². The summed E-state index contributed by atoms with van der Waals surface area (Å²) in [5, 5.41) is 6.39. The molecule has 6 heteroatoms. The van der Waals surface area contributed by atoms with Crippen molar-refractivity contribution in [2.45, 2.75) is 13.5 Å². The van der Waals surface area contributed by atoms with Crippen LogP contribution >= 0.6 is 12.2 Å². The van der Waals surface area contributed by atoms with Crippen molar-refractivity contribution in [1.29, 1.82) is 0 Å². The molecule has 0 aromatic heterocycles. The van der Waals surface area contributed by atoms with Gasteiger partial charge in [0, 0.05) is 12.1 Å². The normalized spacial score (nSPS) is 10.4. The summed E-state index contributed by atoms with van der Waals surface area (Å²) in [6.45, 7) is 6.78. The summed E-state index contributed by atoms with van der Waals surface area (Å²) in [6.07, 6.45) is 3.52. The van der Waals surface area contributed by atoms with Crippen LogP contribution in [0.3, 0.4) is 0 Å². The molecule has 0 spiro atoms. The van der Waals surface area contributed by atoms with Crippen molar-refractivity contribution < 1.29 is 14.6 Å². The van der Waals surface area contributed by atoms with Gasteiger partial charge in [-0.2, -0.15) is 0 Å². The molecule has 0 radical (unpaired) electrons. The van der Waals surface area contributed by atoms with Crippen LogP contribution in [-0.4, -0.2) is 25.0 Å². The lowest BCUT2D eigenvalue weighted by Gasteiger charge is -2.11. The fraction of sp³-hybridized carbons (Fsp3) is 0.200. The Balaban J connectivity index is 1.98. The number of thiocarbonyl (C=S) groups is 1. The van der Waals surface area contributed by atoms with Gasteiger partial charge in [0.05, 0.1) is 7.11 Å². The van der Waals surface area contributed by atoms with E-state index in [-0.39, 0.29) is 0 Å². The molecule has 3 N–H and O–H groups in total. The summed E-state index contributed by atoms with van der Waals surface area (Å²) >= 11 is 5.10. The van der Waals surface area contributed by atoms with Gasteiger partial charge in [0.2, 0.25) is 5.11 Å². The molecular weight excluding hydrogens is 346 g/mol. The van der Waals surface area contributed by atoms with Crippen LogP contribution in [0.5, 0.6) is 11.5 Å². The van der Waals surface area contributed by atoms with Crippen molar-refractivity contribution in [1.82, 2.24) is 10.7 Å². The second-order valence-corrected chi connectivity index (χ2v) is 6.01. The zero-order valence-corrected chi connectivity index (χ0v) is 15.9. The zero-order chi connectivity index (χ0) is 18.8. The highest BCUT2D eigenvalue weighted by Crippen LogP contribution is 2.28. The number of hydrogen-bond acceptors (Lipinski definition) is 3. The Morgan fingerprint density at radius 2 is 2.08 bits per heavy atom. The van der Waals surface area contributed by atoms with E-state index < -0.39 is 0 Å². The molecule has 0 atom stereocenters. The average Bonchev–Trinajstić information content (AvgIpc) is 2.65. The minimum absolute atomic E-state index is 0.490. The zero-order valence-electron chi connectivity index (χ0n) is 15.0. The first kappa shape index (κ1) is 19.5. The summed E-state index contributed by atoms with van der Waals surface area (Å²) in [5.74, 6) is 1.36. The highest BCUT2D eigenvalue weighted by Gasteiger charge is 2.07. The van der Waals surface area contributed by atoms with Gasteiger partial charge < -0.3 is 14.8 Å². The van der Waals surface area contributed by atoms with Crippen LogP contribution in [0.2, 0.25) is 0 Å². The van der Waals surface area contributed by atoms with E-state index in [9.17, 15) is 0 Å². The maximum absolute atomic E-state index is 5.90. The number of hydrogen-bond donors (Lipinski definition) is 3. The summed E-state index contributed by atoms with van der Waals surface area (Å²) in [5.41, 5.74) is 6.11. The predicted octanol–water partition coefficient (Wildman–Crippen LogP) is 1.65. The van der Waals surface area contributed by atoms with Crippen LogP contribution in [0.1, 0.15) is 16.7 Å². The molecule has 0 aliphatic rings. The molecule has 0 unspecified atom stereocenters. The molecule has 0 saturated heterocycles. The van der Waals surface area contributed by atoms with Crippen LogP contribution in [0.25, 0.3) is 0 Å². The van der Waals surface area contributed by atoms with E-state index in [0.29, 0.717) is 29.8 Å². The maximum atomic E-state index is 5.90. The van der Waals surface area contributed by atoms with Gasteiger partial charge in [0.15, 0.2) is 17.7 Å². The number of ether oxygens (including phenoxy) is 2. The lowest BCUT2D eigenvalue weighted by atomic mass is 10.1. The Labute approximate surface area is 159 Å². The van der Waals surface area contributed by atoms with Crippen LogP contribution < -0.4 is 25.3 Å². The average molecular weight is 370 g/mol. The Kier molecular flexibility index (Phi) is 7.64. The van der Waals surface area contributed by atoms with Gasteiger partial charge in [-0.15, -0.1) is 17.1 Å². The van der Waals surface area contributed by atoms with Crippen LogP contribution in [0.15, 0.2) is 55.1 Å². The molecule has 0 aliphatic heterocycles. The first-order valence-corrected chi connectivity index (χ1v) is 8.63. The van der Waals surface area contributed by atoms with Gasteiger partial charge in [-0.1, -0.05) is 35.9 Å². The summed E-state index contributed by atoms with van der Waals surface area (Å²) < 4.78 is 11.3. The summed E-state index contributed by atoms with van der Waals surface area (Å²) in [4.78, 5) is 0. The summed E-state index contributed by atoms with van der Waals surface area (Å²) in [6, 6.07) is 13.9. The van der Waals surface area contributed by atoms with Crippen LogP contribution in [0.4, 0.5) is 0 Å². The number of benzene rings is 2. The van der Waals surface area contributed by atoms with Gasteiger partial charge in [-0.25, -0.2) is 0 Å². The van der Waals surface area contributed by atoms with Gasteiger partial charge >= 0.3 is 0 Å². The molecule has 2 aromatic rings. The third kappa shape index (κ3) is 6.22. The largest absolute Gasteiger partial charge is 0.493 e. The predicted molar refractivity (Wildman–Crippen MR) is 109 cm³/mol. The van der Waals surface area contributed by atoms with Crippen molar-refractivity contribution >= 4 is 23.5 Å². The Hall–Kier alpha value is -2.86. The van der Waals surface area contributed by atoms with E-state index in [2.05, 4.69) is 41.5 Å². The molecule has 0 saturated carbocycles. The SMILES string of the molecule is C=CCNC(=S)N[NH+]=Cc1ccc(OCc2cccc(C)c2)c(OC)c1. The Bertz CT molecular complexity index is 790. The van der Waals surface area contributed by atoms with Crippen molar-refractivity contribution in [2.75, 3.05) is 13.7 Å². The second kappa shape index (κ2) is 10.2. The van der Waals surface area contributed by atoms with E-state index in [1.165, 1.54) is 5.56 Å². The smallest absolute Gasteiger partial charge is 0.224 e. The fourth-order valence-electron chi connectivity index (χ4n) is 2.25. The van der Waals surface area contributed by atoms with Crippen LogP contribution in [0, 0.1) is 6.92 Å².